The second-order valence-electron chi connectivity index (χ2n) is 9.31. The van der Waals surface area contributed by atoms with Crippen LogP contribution < -0.4 is 0 Å². The highest BCUT2D eigenvalue weighted by Crippen LogP contribution is 2.13. The van der Waals surface area contributed by atoms with Crippen LogP contribution in [0.3, 0.4) is 0 Å². The number of aliphatic hydroxyl groups excluding tert-OH is 2. The molecule has 0 spiro atoms. The zero-order valence-corrected chi connectivity index (χ0v) is 20.7. The third-order valence-corrected chi connectivity index (χ3v) is 5.88. The van der Waals surface area contributed by atoms with Crippen LogP contribution in [0.25, 0.3) is 0 Å². The summed E-state index contributed by atoms with van der Waals surface area (Å²) >= 11 is 0. The number of aromatic nitrogens is 2. The molecule has 1 aromatic rings. The zero-order valence-electron chi connectivity index (χ0n) is 20.7. The summed E-state index contributed by atoms with van der Waals surface area (Å²) in [4.78, 5) is 25.0. The molecule has 1 fully saturated rings. The number of ether oxygens (including phenoxy) is 2. The van der Waals surface area contributed by atoms with Crippen LogP contribution in [-0.4, -0.2) is 100 Å². The Bertz CT molecular complexity index is 688. The van der Waals surface area contributed by atoms with Gasteiger partial charge in [0.2, 0.25) is 5.91 Å². The van der Waals surface area contributed by atoms with Gasteiger partial charge in [0.1, 0.15) is 24.1 Å². The van der Waals surface area contributed by atoms with E-state index in [0.717, 1.165) is 37.2 Å². The van der Waals surface area contributed by atoms with Crippen molar-refractivity contribution < 1.29 is 24.5 Å². The number of hydrogen-bond acceptors (Lipinski definition) is 8. The third-order valence-electron chi connectivity index (χ3n) is 5.88. The quantitative estimate of drug-likeness (QED) is 0.648. The number of hydrogen-bond donors (Lipinski definition) is 2. The van der Waals surface area contributed by atoms with Crippen molar-refractivity contribution in [3.8, 4) is 0 Å². The van der Waals surface area contributed by atoms with E-state index in [1.54, 1.807) is 4.90 Å². The molecule has 0 saturated carbocycles. The van der Waals surface area contributed by atoms with Crippen molar-refractivity contribution in [1.82, 2.24) is 19.8 Å². The molecule has 1 saturated heterocycles. The molecule has 188 valence electrons. The fraction of sp³-hybridized carbons (Fsp3) is 0.792. The Morgan fingerprint density at radius 2 is 1.94 bits per heavy atom. The summed E-state index contributed by atoms with van der Waals surface area (Å²) in [5, 5.41) is 21.2. The van der Waals surface area contributed by atoms with Crippen molar-refractivity contribution in [3.05, 3.63) is 23.8 Å². The largest absolute Gasteiger partial charge is 0.388 e. The minimum absolute atomic E-state index is 0.0374. The summed E-state index contributed by atoms with van der Waals surface area (Å²) in [5.74, 6) is 1.11. The van der Waals surface area contributed by atoms with Crippen LogP contribution in [0.1, 0.15) is 51.4 Å². The molecular weight excluding hydrogens is 424 g/mol. The van der Waals surface area contributed by atoms with Gasteiger partial charge in [0, 0.05) is 64.3 Å². The smallest absolute Gasteiger partial charge is 0.219 e. The molecule has 9 heteroatoms. The van der Waals surface area contributed by atoms with Crippen molar-refractivity contribution >= 4 is 5.91 Å². The Balaban J connectivity index is 2.11. The molecule has 1 amide bonds. The van der Waals surface area contributed by atoms with Crippen LogP contribution in [0.4, 0.5) is 0 Å². The van der Waals surface area contributed by atoms with E-state index in [1.807, 2.05) is 19.3 Å². The maximum atomic E-state index is 12.4. The number of aryl methyl sites for hydroxylation is 1. The predicted molar refractivity (Wildman–Crippen MR) is 126 cm³/mol. The molecule has 9 nitrogen and oxygen atoms in total. The van der Waals surface area contributed by atoms with Gasteiger partial charge in [-0.25, -0.2) is 9.97 Å². The Labute approximate surface area is 198 Å². The lowest BCUT2D eigenvalue weighted by Gasteiger charge is -2.33. The van der Waals surface area contributed by atoms with E-state index in [1.165, 1.54) is 6.92 Å². The van der Waals surface area contributed by atoms with Gasteiger partial charge in [0.25, 0.3) is 0 Å². The van der Waals surface area contributed by atoms with E-state index in [4.69, 9.17) is 9.47 Å². The summed E-state index contributed by atoms with van der Waals surface area (Å²) in [5.41, 5.74) is 1.03. The zero-order chi connectivity index (χ0) is 24.2. The molecule has 1 aromatic heterocycles. The lowest BCUT2D eigenvalue weighted by molar-refractivity contribution is -0.140. The molecule has 1 aliphatic rings. The lowest BCUT2D eigenvalue weighted by Crippen LogP contribution is -2.50. The predicted octanol–water partition coefficient (Wildman–Crippen LogP) is 1.40. The molecule has 1 aliphatic heterocycles. The number of amides is 1. The minimum Gasteiger partial charge on any atom is -0.388 e. The molecule has 0 bridgehead atoms. The molecule has 2 N–H and O–H groups in total. The summed E-state index contributed by atoms with van der Waals surface area (Å²) < 4.78 is 11.6. The van der Waals surface area contributed by atoms with Crippen LogP contribution >= 0.6 is 0 Å². The topological polar surface area (TPSA) is 108 Å². The van der Waals surface area contributed by atoms with Gasteiger partial charge in [0.15, 0.2) is 0 Å². The number of rotatable bonds is 6. The highest BCUT2D eigenvalue weighted by molar-refractivity contribution is 5.73. The van der Waals surface area contributed by atoms with Crippen molar-refractivity contribution in [2.45, 2.75) is 71.8 Å². The first-order valence-electron chi connectivity index (χ1n) is 12.1. The maximum Gasteiger partial charge on any atom is 0.219 e. The van der Waals surface area contributed by atoms with Crippen molar-refractivity contribution in [3.63, 3.8) is 0 Å². The molecule has 2 rings (SSSR count). The molecule has 3 atom stereocenters. The highest BCUT2D eigenvalue weighted by atomic mass is 16.5. The van der Waals surface area contributed by atoms with Crippen LogP contribution in [-0.2, 0) is 20.8 Å². The summed E-state index contributed by atoms with van der Waals surface area (Å²) in [6.07, 6.45) is 3.40. The minimum atomic E-state index is -1.14. The van der Waals surface area contributed by atoms with E-state index in [9.17, 15) is 15.0 Å². The van der Waals surface area contributed by atoms with Gasteiger partial charge in [-0.05, 0) is 38.6 Å². The van der Waals surface area contributed by atoms with Gasteiger partial charge in [0.05, 0.1) is 6.61 Å². The van der Waals surface area contributed by atoms with Crippen LogP contribution in [0.2, 0.25) is 0 Å². The van der Waals surface area contributed by atoms with Gasteiger partial charge >= 0.3 is 0 Å². The van der Waals surface area contributed by atoms with Gasteiger partial charge in [-0.3, -0.25) is 9.69 Å². The average Bonchev–Trinajstić information content (AvgIpc) is 2.77. The van der Waals surface area contributed by atoms with E-state index < -0.39 is 18.3 Å². The van der Waals surface area contributed by atoms with Gasteiger partial charge in [-0.2, -0.15) is 0 Å². The Morgan fingerprint density at radius 3 is 2.61 bits per heavy atom. The van der Waals surface area contributed by atoms with Gasteiger partial charge in [-0.1, -0.05) is 13.8 Å². The molecule has 0 aromatic carbocycles. The molecule has 0 radical (unpaired) electrons. The normalized spacial score (nSPS) is 24.6. The SMILES string of the molecule is CC(=O)N1CCN(Cc2cnc(C)nc2)CCCCOC[C@@H](O)[C@@H](O)[C@H](OCCC(C)C)C1. The summed E-state index contributed by atoms with van der Waals surface area (Å²) in [6.45, 7) is 11.5. The van der Waals surface area contributed by atoms with Crippen molar-refractivity contribution in [1.29, 1.82) is 0 Å². The second-order valence-corrected chi connectivity index (χ2v) is 9.31. The first-order valence-corrected chi connectivity index (χ1v) is 12.1. The molecular formula is C24H42N4O5. The fourth-order valence-corrected chi connectivity index (χ4v) is 3.69. The Morgan fingerprint density at radius 1 is 1.21 bits per heavy atom. The maximum absolute atomic E-state index is 12.4. The Hall–Kier alpha value is -1.65. The average molecular weight is 467 g/mol. The van der Waals surface area contributed by atoms with E-state index in [0.29, 0.717) is 38.8 Å². The number of nitrogens with zero attached hydrogens (tertiary/aromatic N) is 4. The molecule has 33 heavy (non-hydrogen) atoms. The van der Waals surface area contributed by atoms with E-state index >= 15 is 0 Å². The van der Waals surface area contributed by atoms with E-state index in [2.05, 4.69) is 28.7 Å². The summed E-state index contributed by atoms with van der Waals surface area (Å²) in [6, 6.07) is 0. The molecule has 0 unspecified atom stereocenters. The van der Waals surface area contributed by atoms with Gasteiger partial charge < -0.3 is 24.6 Å². The van der Waals surface area contributed by atoms with Crippen molar-refractivity contribution in [2.75, 3.05) is 46.0 Å². The first-order chi connectivity index (χ1) is 15.8. The van der Waals surface area contributed by atoms with Crippen LogP contribution in [0, 0.1) is 12.8 Å². The number of carbonyl (C=O) groups excluding carboxylic acids is 1. The van der Waals surface area contributed by atoms with Crippen LogP contribution in [0.5, 0.6) is 0 Å². The molecule has 0 aliphatic carbocycles. The lowest BCUT2D eigenvalue weighted by atomic mass is 10.1. The highest BCUT2D eigenvalue weighted by Gasteiger charge is 2.30. The van der Waals surface area contributed by atoms with Crippen molar-refractivity contribution in [2.24, 2.45) is 5.92 Å². The van der Waals surface area contributed by atoms with Crippen LogP contribution in [0.15, 0.2) is 12.4 Å². The second kappa shape index (κ2) is 14.6. The number of carbonyl (C=O) groups is 1. The van der Waals surface area contributed by atoms with Gasteiger partial charge in [-0.15, -0.1) is 0 Å². The monoisotopic (exact) mass is 466 g/mol. The molecule has 2 heterocycles. The van der Waals surface area contributed by atoms with E-state index in [-0.39, 0.29) is 19.1 Å². The Kier molecular flexibility index (Phi) is 12.2. The fourth-order valence-electron chi connectivity index (χ4n) is 3.69. The summed E-state index contributed by atoms with van der Waals surface area (Å²) in [7, 11) is 0. The first kappa shape index (κ1) is 27.6. The standard InChI is InChI=1S/C24H42N4O5/c1-18(2)7-12-33-23-16-28(20(4)29)10-9-27(15-21-13-25-19(3)26-14-21)8-5-6-11-32-17-22(30)24(23)31/h13-14,18,22-24,30-31H,5-12,15-17H2,1-4H3/t22-,23-,24-/m1/s1. The number of aliphatic hydroxyl groups is 2. The third kappa shape index (κ3) is 10.4.